The zero-order valence-electron chi connectivity index (χ0n) is 10.3. The number of halogens is 1. The van der Waals surface area contributed by atoms with Crippen molar-refractivity contribution in [1.82, 2.24) is 9.97 Å². The molecule has 0 unspecified atom stereocenters. The highest BCUT2D eigenvalue weighted by atomic mass is 79.9. The van der Waals surface area contributed by atoms with Gasteiger partial charge in [0.05, 0.1) is 0 Å². The standard InChI is InChI=1S/C13H14BrN3S/c1-3-15-12-8-13(17-9(2)16-12)18-11-7-5-4-6-10(11)14/h4-8H,3H2,1-2H3,(H,15,16,17). The molecule has 0 saturated heterocycles. The van der Waals surface area contributed by atoms with Crippen LogP contribution in [0.3, 0.4) is 0 Å². The lowest BCUT2D eigenvalue weighted by Gasteiger charge is -2.07. The molecule has 0 atom stereocenters. The third-order valence-corrected chi connectivity index (χ3v) is 4.17. The first kappa shape index (κ1) is 13.4. The molecule has 2 rings (SSSR count). The Kier molecular flexibility index (Phi) is 4.60. The number of nitrogens with zero attached hydrogens (tertiary/aromatic N) is 2. The van der Waals surface area contributed by atoms with Gasteiger partial charge in [-0.05, 0) is 41.9 Å². The van der Waals surface area contributed by atoms with Crippen LogP contribution < -0.4 is 5.32 Å². The fourth-order valence-corrected chi connectivity index (χ4v) is 2.92. The number of rotatable bonds is 4. The van der Waals surface area contributed by atoms with E-state index in [9.17, 15) is 0 Å². The molecule has 94 valence electrons. The summed E-state index contributed by atoms with van der Waals surface area (Å²) >= 11 is 5.17. The number of benzene rings is 1. The second-order valence-corrected chi connectivity index (χ2v) is 5.62. The minimum absolute atomic E-state index is 0.781. The number of hydrogen-bond acceptors (Lipinski definition) is 4. The van der Waals surface area contributed by atoms with E-state index in [4.69, 9.17) is 0 Å². The van der Waals surface area contributed by atoms with Crippen LogP contribution in [-0.4, -0.2) is 16.5 Å². The summed E-state index contributed by atoms with van der Waals surface area (Å²) in [6, 6.07) is 10.1. The van der Waals surface area contributed by atoms with Crippen LogP contribution >= 0.6 is 27.7 Å². The van der Waals surface area contributed by atoms with E-state index in [-0.39, 0.29) is 0 Å². The smallest absolute Gasteiger partial charge is 0.130 e. The fourth-order valence-electron chi connectivity index (χ4n) is 1.50. The molecule has 2 aromatic rings. The summed E-state index contributed by atoms with van der Waals surface area (Å²) in [6.07, 6.45) is 0. The third kappa shape index (κ3) is 3.46. The van der Waals surface area contributed by atoms with Crippen LogP contribution in [-0.2, 0) is 0 Å². The van der Waals surface area contributed by atoms with Gasteiger partial charge in [0, 0.05) is 22.0 Å². The molecule has 1 heterocycles. The van der Waals surface area contributed by atoms with Gasteiger partial charge in [0.2, 0.25) is 0 Å². The maximum Gasteiger partial charge on any atom is 0.130 e. The van der Waals surface area contributed by atoms with Crippen LogP contribution in [0.2, 0.25) is 0 Å². The van der Waals surface area contributed by atoms with Crippen molar-refractivity contribution in [2.75, 3.05) is 11.9 Å². The highest BCUT2D eigenvalue weighted by Crippen LogP contribution is 2.32. The maximum atomic E-state index is 4.44. The minimum atomic E-state index is 0.781. The summed E-state index contributed by atoms with van der Waals surface area (Å²) in [7, 11) is 0. The minimum Gasteiger partial charge on any atom is -0.370 e. The van der Waals surface area contributed by atoms with E-state index in [0.717, 1.165) is 32.6 Å². The number of anilines is 1. The summed E-state index contributed by atoms with van der Waals surface area (Å²) in [4.78, 5) is 9.93. The van der Waals surface area contributed by atoms with Crippen molar-refractivity contribution in [3.8, 4) is 0 Å². The maximum absolute atomic E-state index is 4.44. The van der Waals surface area contributed by atoms with Gasteiger partial charge in [0.25, 0.3) is 0 Å². The van der Waals surface area contributed by atoms with Gasteiger partial charge in [-0.25, -0.2) is 9.97 Å². The van der Waals surface area contributed by atoms with Gasteiger partial charge >= 0.3 is 0 Å². The quantitative estimate of drug-likeness (QED) is 0.858. The molecule has 0 bridgehead atoms. The van der Waals surface area contributed by atoms with E-state index in [1.165, 1.54) is 0 Å². The van der Waals surface area contributed by atoms with E-state index in [1.54, 1.807) is 11.8 Å². The molecule has 0 spiro atoms. The first-order valence-corrected chi connectivity index (χ1v) is 7.32. The molecule has 0 fully saturated rings. The highest BCUT2D eigenvalue weighted by Gasteiger charge is 2.05. The topological polar surface area (TPSA) is 37.8 Å². The fraction of sp³-hybridized carbons (Fsp3) is 0.231. The van der Waals surface area contributed by atoms with Gasteiger partial charge in [0.15, 0.2) is 0 Å². The largest absolute Gasteiger partial charge is 0.370 e. The van der Waals surface area contributed by atoms with Crippen molar-refractivity contribution in [2.24, 2.45) is 0 Å². The molecule has 1 aromatic carbocycles. The Balaban J connectivity index is 2.26. The van der Waals surface area contributed by atoms with Crippen molar-refractivity contribution < 1.29 is 0 Å². The Morgan fingerprint density at radius 1 is 1.28 bits per heavy atom. The molecule has 0 radical (unpaired) electrons. The highest BCUT2D eigenvalue weighted by molar-refractivity contribution is 9.10. The SMILES string of the molecule is CCNc1cc(Sc2ccccc2Br)nc(C)n1. The Bertz CT molecular complexity index is 546. The number of hydrogen-bond donors (Lipinski definition) is 1. The summed E-state index contributed by atoms with van der Waals surface area (Å²) in [5, 5.41) is 4.16. The predicted octanol–water partition coefficient (Wildman–Crippen LogP) is 4.13. The van der Waals surface area contributed by atoms with Crippen LogP contribution in [0.15, 0.2) is 44.7 Å². The summed E-state index contributed by atoms with van der Waals surface area (Å²) < 4.78 is 1.08. The van der Waals surface area contributed by atoms with Crippen LogP contribution in [0.25, 0.3) is 0 Å². The van der Waals surface area contributed by atoms with Gasteiger partial charge < -0.3 is 5.32 Å². The zero-order chi connectivity index (χ0) is 13.0. The van der Waals surface area contributed by atoms with E-state index >= 15 is 0 Å². The number of nitrogens with one attached hydrogen (secondary N) is 1. The second-order valence-electron chi connectivity index (χ2n) is 3.70. The van der Waals surface area contributed by atoms with Crippen molar-refractivity contribution in [3.05, 3.63) is 40.6 Å². The predicted molar refractivity (Wildman–Crippen MR) is 79.2 cm³/mol. The lowest BCUT2D eigenvalue weighted by atomic mass is 10.4. The second kappa shape index (κ2) is 6.20. The molecule has 5 heteroatoms. The molecule has 18 heavy (non-hydrogen) atoms. The molecule has 0 amide bonds. The van der Waals surface area contributed by atoms with Crippen molar-refractivity contribution >= 4 is 33.5 Å². The molecular formula is C13H14BrN3S. The van der Waals surface area contributed by atoms with Gasteiger partial charge in [-0.3, -0.25) is 0 Å². The Morgan fingerprint density at radius 2 is 2.06 bits per heavy atom. The first-order valence-electron chi connectivity index (χ1n) is 5.71. The molecule has 3 nitrogen and oxygen atoms in total. The average Bonchev–Trinajstić information content (AvgIpc) is 2.32. The summed E-state index contributed by atoms with van der Waals surface area (Å²) in [5.41, 5.74) is 0. The number of aryl methyl sites for hydroxylation is 1. The molecule has 0 aliphatic rings. The van der Waals surface area contributed by atoms with E-state index in [0.29, 0.717) is 0 Å². The third-order valence-electron chi connectivity index (χ3n) is 2.22. The number of aromatic nitrogens is 2. The molecule has 1 aromatic heterocycles. The Hall–Kier alpha value is -1.07. The van der Waals surface area contributed by atoms with E-state index in [1.807, 2.05) is 31.2 Å². The van der Waals surface area contributed by atoms with E-state index < -0.39 is 0 Å². The van der Waals surface area contributed by atoms with Gasteiger partial charge in [-0.1, -0.05) is 23.9 Å². The first-order chi connectivity index (χ1) is 8.69. The molecular weight excluding hydrogens is 310 g/mol. The normalized spacial score (nSPS) is 10.4. The lowest BCUT2D eigenvalue weighted by molar-refractivity contribution is 0.960. The van der Waals surface area contributed by atoms with Crippen molar-refractivity contribution in [1.29, 1.82) is 0 Å². The van der Waals surface area contributed by atoms with Crippen LogP contribution in [0.5, 0.6) is 0 Å². The molecule has 1 N–H and O–H groups in total. The summed E-state index contributed by atoms with van der Waals surface area (Å²) in [5.74, 6) is 1.66. The van der Waals surface area contributed by atoms with Gasteiger partial charge in [-0.15, -0.1) is 0 Å². The van der Waals surface area contributed by atoms with Crippen molar-refractivity contribution in [2.45, 2.75) is 23.8 Å². The molecule has 0 aliphatic carbocycles. The van der Waals surface area contributed by atoms with Gasteiger partial charge in [-0.2, -0.15) is 0 Å². The van der Waals surface area contributed by atoms with Crippen LogP contribution in [0, 0.1) is 6.92 Å². The molecule has 0 aliphatic heterocycles. The Labute approximate surface area is 120 Å². The Morgan fingerprint density at radius 3 is 2.78 bits per heavy atom. The van der Waals surface area contributed by atoms with E-state index in [2.05, 4.69) is 44.2 Å². The summed E-state index contributed by atoms with van der Waals surface area (Å²) in [6.45, 7) is 4.82. The average molecular weight is 324 g/mol. The van der Waals surface area contributed by atoms with Crippen LogP contribution in [0.1, 0.15) is 12.7 Å². The molecule has 0 saturated carbocycles. The monoisotopic (exact) mass is 323 g/mol. The van der Waals surface area contributed by atoms with Crippen molar-refractivity contribution in [3.63, 3.8) is 0 Å². The van der Waals surface area contributed by atoms with Crippen LogP contribution in [0.4, 0.5) is 5.82 Å². The van der Waals surface area contributed by atoms with Gasteiger partial charge in [0.1, 0.15) is 16.7 Å². The zero-order valence-corrected chi connectivity index (χ0v) is 12.7. The lowest BCUT2D eigenvalue weighted by Crippen LogP contribution is -2.02.